The number of anilines is 1. The molecule has 1 saturated carbocycles. The van der Waals surface area contributed by atoms with Crippen molar-refractivity contribution in [3.63, 3.8) is 0 Å². The molecule has 0 aromatic carbocycles. The Morgan fingerprint density at radius 2 is 2.18 bits per heavy atom. The van der Waals surface area contributed by atoms with Crippen molar-refractivity contribution in [2.45, 2.75) is 18.9 Å². The van der Waals surface area contributed by atoms with Gasteiger partial charge in [-0.3, -0.25) is 9.59 Å². The van der Waals surface area contributed by atoms with Gasteiger partial charge in [-0.2, -0.15) is 0 Å². The lowest BCUT2D eigenvalue weighted by atomic mass is 10.1. The zero-order valence-electron chi connectivity index (χ0n) is 11.9. The minimum atomic E-state index is -0.376. The smallest absolute Gasteiger partial charge is 0.291 e. The van der Waals surface area contributed by atoms with Crippen LogP contribution in [0.1, 0.15) is 33.8 Å². The monoisotopic (exact) mass is 319 g/mol. The SMILES string of the molecule is NCC(NC(=O)c1ccsc1NC(=O)c1ccco1)C1CC1. The summed E-state index contributed by atoms with van der Waals surface area (Å²) in [7, 11) is 0. The fourth-order valence-electron chi connectivity index (χ4n) is 2.27. The number of nitrogens with one attached hydrogen (secondary N) is 2. The highest BCUT2D eigenvalue weighted by Gasteiger charge is 2.32. The van der Waals surface area contributed by atoms with E-state index in [0.717, 1.165) is 12.8 Å². The van der Waals surface area contributed by atoms with Crippen molar-refractivity contribution in [1.82, 2.24) is 5.32 Å². The Bertz CT molecular complexity index is 661. The van der Waals surface area contributed by atoms with Crippen molar-refractivity contribution in [3.05, 3.63) is 41.2 Å². The lowest BCUT2D eigenvalue weighted by Crippen LogP contribution is -2.41. The van der Waals surface area contributed by atoms with Gasteiger partial charge in [0, 0.05) is 12.6 Å². The minimum absolute atomic E-state index is 0.000949. The average Bonchev–Trinajstić information content (AvgIpc) is 3.03. The highest BCUT2D eigenvalue weighted by atomic mass is 32.1. The van der Waals surface area contributed by atoms with Gasteiger partial charge >= 0.3 is 0 Å². The summed E-state index contributed by atoms with van der Waals surface area (Å²) in [4.78, 5) is 24.4. The van der Waals surface area contributed by atoms with E-state index in [1.165, 1.54) is 17.6 Å². The summed E-state index contributed by atoms with van der Waals surface area (Å²) in [6, 6.07) is 4.90. The Morgan fingerprint density at radius 1 is 1.36 bits per heavy atom. The largest absolute Gasteiger partial charge is 0.459 e. The van der Waals surface area contributed by atoms with Crippen LogP contribution in [0, 0.1) is 5.92 Å². The number of nitrogens with two attached hydrogens (primary N) is 1. The van der Waals surface area contributed by atoms with E-state index in [1.807, 2.05) is 0 Å². The Balaban J connectivity index is 1.68. The van der Waals surface area contributed by atoms with Crippen LogP contribution in [0.2, 0.25) is 0 Å². The lowest BCUT2D eigenvalue weighted by Gasteiger charge is -2.16. The highest BCUT2D eigenvalue weighted by molar-refractivity contribution is 7.14. The fraction of sp³-hybridized carbons (Fsp3) is 0.333. The maximum Gasteiger partial charge on any atom is 0.291 e. The van der Waals surface area contributed by atoms with Crippen molar-refractivity contribution in [3.8, 4) is 0 Å². The van der Waals surface area contributed by atoms with Gasteiger partial charge in [0.25, 0.3) is 11.8 Å². The molecule has 0 aliphatic heterocycles. The maximum atomic E-state index is 12.4. The zero-order chi connectivity index (χ0) is 15.5. The van der Waals surface area contributed by atoms with E-state index in [0.29, 0.717) is 23.0 Å². The number of carbonyl (C=O) groups excluding carboxylic acids is 2. The van der Waals surface area contributed by atoms with Crippen LogP contribution in [0.25, 0.3) is 0 Å². The molecule has 0 spiro atoms. The molecule has 2 amide bonds. The molecular formula is C15H17N3O3S. The molecule has 1 aliphatic carbocycles. The Labute approximate surface area is 131 Å². The maximum absolute atomic E-state index is 12.4. The number of carbonyl (C=O) groups is 2. The van der Waals surface area contributed by atoms with Crippen LogP contribution in [0.4, 0.5) is 5.00 Å². The second-order valence-corrected chi connectivity index (χ2v) is 6.16. The Kier molecular flexibility index (Phi) is 4.26. The molecule has 0 radical (unpaired) electrons. The second kappa shape index (κ2) is 6.33. The first-order valence-electron chi connectivity index (χ1n) is 7.12. The van der Waals surface area contributed by atoms with E-state index < -0.39 is 0 Å². The van der Waals surface area contributed by atoms with Gasteiger partial charge in [-0.15, -0.1) is 11.3 Å². The third-order valence-corrected chi connectivity index (χ3v) is 4.47. The molecule has 1 unspecified atom stereocenters. The zero-order valence-corrected chi connectivity index (χ0v) is 12.7. The number of amides is 2. The summed E-state index contributed by atoms with van der Waals surface area (Å²) in [5.74, 6) is 0.101. The summed E-state index contributed by atoms with van der Waals surface area (Å²) >= 11 is 1.30. The summed E-state index contributed by atoms with van der Waals surface area (Å²) < 4.78 is 5.04. The number of furan rings is 1. The predicted octanol–water partition coefficient (Wildman–Crippen LogP) is 2.06. The first kappa shape index (κ1) is 14.8. The molecule has 7 heteroatoms. The number of rotatable bonds is 6. The predicted molar refractivity (Wildman–Crippen MR) is 84.0 cm³/mol. The quantitative estimate of drug-likeness (QED) is 0.759. The van der Waals surface area contributed by atoms with Crippen LogP contribution in [0.15, 0.2) is 34.3 Å². The van der Waals surface area contributed by atoms with Crippen LogP contribution in [-0.2, 0) is 0 Å². The second-order valence-electron chi connectivity index (χ2n) is 5.25. The van der Waals surface area contributed by atoms with E-state index in [9.17, 15) is 9.59 Å². The summed E-state index contributed by atoms with van der Waals surface area (Å²) in [6.07, 6.45) is 3.64. The molecule has 0 bridgehead atoms. The fourth-order valence-corrected chi connectivity index (χ4v) is 3.05. The molecule has 1 aliphatic rings. The molecule has 3 rings (SSSR count). The average molecular weight is 319 g/mol. The molecule has 2 aromatic rings. The van der Waals surface area contributed by atoms with E-state index in [2.05, 4.69) is 10.6 Å². The van der Waals surface area contributed by atoms with E-state index >= 15 is 0 Å². The van der Waals surface area contributed by atoms with Gasteiger partial charge in [-0.1, -0.05) is 0 Å². The molecule has 4 N–H and O–H groups in total. The third-order valence-electron chi connectivity index (χ3n) is 3.64. The molecule has 6 nitrogen and oxygen atoms in total. The van der Waals surface area contributed by atoms with E-state index in [4.69, 9.17) is 10.2 Å². The number of thiophene rings is 1. The highest BCUT2D eigenvalue weighted by Crippen LogP contribution is 2.32. The van der Waals surface area contributed by atoms with Crippen LogP contribution < -0.4 is 16.4 Å². The summed E-state index contributed by atoms with van der Waals surface area (Å²) in [5, 5.41) is 7.92. The number of hydrogen-bond donors (Lipinski definition) is 3. The van der Waals surface area contributed by atoms with Crippen LogP contribution in [0.3, 0.4) is 0 Å². The van der Waals surface area contributed by atoms with Crippen LogP contribution >= 0.6 is 11.3 Å². The van der Waals surface area contributed by atoms with E-state index in [-0.39, 0.29) is 23.6 Å². The van der Waals surface area contributed by atoms with Gasteiger partial charge in [0.15, 0.2) is 5.76 Å². The molecule has 1 atom stereocenters. The van der Waals surface area contributed by atoms with Gasteiger partial charge in [-0.25, -0.2) is 0 Å². The molecule has 0 saturated heterocycles. The third kappa shape index (κ3) is 3.20. The van der Waals surface area contributed by atoms with Crippen molar-refractivity contribution < 1.29 is 14.0 Å². The minimum Gasteiger partial charge on any atom is -0.459 e. The van der Waals surface area contributed by atoms with Crippen molar-refractivity contribution in [2.24, 2.45) is 11.7 Å². The van der Waals surface area contributed by atoms with Gasteiger partial charge in [0.1, 0.15) is 5.00 Å². The molecule has 116 valence electrons. The Hall–Kier alpha value is -2.12. The topological polar surface area (TPSA) is 97.4 Å². The first-order chi connectivity index (χ1) is 10.7. The summed E-state index contributed by atoms with van der Waals surface area (Å²) in [6.45, 7) is 0.425. The van der Waals surface area contributed by atoms with Gasteiger partial charge in [0.05, 0.1) is 11.8 Å². The first-order valence-corrected chi connectivity index (χ1v) is 8.00. The summed E-state index contributed by atoms with van der Waals surface area (Å²) in [5.41, 5.74) is 6.15. The van der Waals surface area contributed by atoms with Crippen molar-refractivity contribution in [2.75, 3.05) is 11.9 Å². The molecule has 2 heterocycles. The van der Waals surface area contributed by atoms with Gasteiger partial charge < -0.3 is 20.8 Å². The normalized spacial score (nSPS) is 15.3. The Morgan fingerprint density at radius 3 is 2.82 bits per heavy atom. The van der Waals surface area contributed by atoms with E-state index in [1.54, 1.807) is 23.6 Å². The molecule has 1 fully saturated rings. The molecule has 2 aromatic heterocycles. The standard InChI is InChI=1S/C15H17N3O3S/c16-8-11(9-3-4-9)17-13(19)10-5-7-22-15(10)18-14(20)12-2-1-6-21-12/h1-2,5-7,9,11H,3-4,8,16H2,(H,17,19)(H,18,20). The molecule has 22 heavy (non-hydrogen) atoms. The van der Waals surface area contributed by atoms with Crippen molar-refractivity contribution >= 4 is 28.2 Å². The van der Waals surface area contributed by atoms with Crippen LogP contribution in [0.5, 0.6) is 0 Å². The van der Waals surface area contributed by atoms with Crippen molar-refractivity contribution in [1.29, 1.82) is 0 Å². The van der Waals surface area contributed by atoms with Crippen LogP contribution in [-0.4, -0.2) is 24.4 Å². The molecular weight excluding hydrogens is 302 g/mol. The van der Waals surface area contributed by atoms with Gasteiger partial charge in [-0.05, 0) is 42.3 Å². The number of hydrogen-bond acceptors (Lipinski definition) is 5. The lowest BCUT2D eigenvalue weighted by molar-refractivity contribution is 0.0935. The van der Waals surface area contributed by atoms with Gasteiger partial charge in [0.2, 0.25) is 0 Å².